The zero-order valence-corrected chi connectivity index (χ0v) is 20.2. The predicted molar refractivity (Wildman–Crippen MR) is 125 cm³/mol. The highest BCUT2D eigenvalue weighted by atomic mass is 32.2. The van der Waals surface area contributed by atoms with Gasteiger partial charge >= 0.3 is 0 Å². The van der Waals surface area contributed by atoms with Gasteiger partial charge in [-0.2, -0.15) is 4.98 Å². The lowest BCUT2D eigenvalue weighted by Gasteiger charge is -2.40. The van der Waals surface area contributed by atoms with Gasteiger partial charge in [0, 0.05) is 62.8 Å². The van der Waals surface area contributed by atoms with E-state index in [1.165, 1.54) is 4.90 Å². The van der Waals surface area contributed by atoms with Crippen LogP contribution in [0.3, 0.4) is 0 Å². The minimum absolute atomic E-state index is 0.0789. The Morgan fingerprint density at radius 1 is 1.29 bits per heavy atom. The number of sulfone groups is 1. The van der Waals surface area contributed by atoms with Crippen LogP contribution in [-0.4, -0.2) is 96.2 Å². The molecule has 1 amide bonds. The molecule has 2 N–H and O–H groups in total. The van der Waals surface area contributed by atoms with Crippen LogP contribution >= 0.6 is 0 Å². The second-order valence-electron chi connectivity index (χ2n) is 8.78. The van der Waals surface area contributed by atoms with Crippen molar-refractivity contribution in [3.63, 3.8) is 0 Å². The maximum Gasteiger partial charge on any atom is 0.237 e. The minimum Gasteiger partial charge on any atom is -0.474 e. The molecular formula is C21H29N7O5S. The van der Waals surface area contributed by atoms with Gasteiger partial charge < -0.3 is 25.0 Å². The third-order valence-electron chi connectivity index (χ3n) is 5.97. The van der Waals surface area contributed by atoms with E-state index in [9.17, 15) is 13.2 Å². The maximum atomic E-state index is 12.2. The zero-order chi connectivity index (χ0) is 24.5. The van der Waals surface area contributed by atoms with Crippen LogP contribution in [0.4, 0.5) is 11.9 Å². The van der Waals surface area contributed by atoms with E-state index in [0.717, 1.165) is 6.26 Å². The van der Waals surface area contributed by atoms with Gasteiger partial charge in [0.2, 0.25) is 23.7 Å². The molecule has 184 valence electrons. The first-order chi connectivity index (χ1) is 16.1. The number of morpholine rings is 1. The van der Waals surface area contributed by atoms with Gasteiger partial charge in [-0.3, -0.25) is 4.79 Å². The number of hydrogen-bond acceptors (Lipinski definition) is 11. The summed E-state index contributed by atoms with van der Waals surface area (Å²) < 4.78 is 34.5. The van der Waals surface area contributed by atoms with E-state index in [4.69, 9.17) is 20.2 Å². The molecule has 0 bridgehead atoms. The lowest BCUT2D eigenvalue weighted by molar-refractivity contribution is -0.132. The molecule has 2 aliphatic rings. The van der Waals surface area contributed by atoms with Crippen molar-refractivity contribution in [1.29, 1.82) is 0 Å². The third-order valence-corrected chi connectivity index (χ3v) is 6.74. The highest BCUT2D eigenvalue weighted by Gasteiger charge is 2.37. The molecule has 2 aromatic rings. The van der Waals surface area contributed by atoms with Crippen LogP contribution in [0.15, 0.2) is 18.5 Å². The average molecular weight is 492 g/mol. The number of carbonyl (C=O) groups excluding carboxylic acids is 1. The van der Waals surface area contributed by atoms with Crippen LogP contribution in [0, 0.1) is 0 Å². The first-order valence-corrected chi connectivity index (χ1v) is 13.1. The Kier molecular flexibility index (Phi) is 6.84. The maximum absolute atomic E-state index is 12.2. The number of amides is 1. The van der Waals surface area contributed by atoms with E-state index < -0.39 is 21.5 Å². The molecule has 0 aromatic carbocycles. The van der Waals surface area contributed by atoms with E-state index in [2.05, 4.69) is 19.9 Å². The molecule has 12 nitrogen and oxygen atoms in total. The number of rotatable bonds is 7. The molecule has 1 saturated carbocycles. The van der Waals surface area contributed by atoms with Crippen molar-refractivity contribution in [2.45, 2.75) is 38.0 Å². The topological polar surface area (TPSA) is 154 Å². The molecule has 0 unspecified atom stereocenters. The van der Waals surface area contributed by atoms with Crippen molar-refractivity contribution in [2.75, 3.05) is 49.4 Å². The second kappa shape index (κ2) is 9.66. The van der Waals surface area contributed by atoms with Crippen molar-refractivity contribution >= 4 is 27.6 Å². The Balaban J connectivity index is 1.50. The van der Waals surface area contributed by atoms with E-state index in [-0.39, 0.29) is 24.1 Å². The van der Waals surface area contributed by atoms with Gasteiger partial charge in [-0.25, -0.2) is 23.4 Å². The van der Waals surface area contributed by atoms with Gasteiger partial charge in [0.25, 0.3) is 0 Å². The van der Waals surface area contributed by atoms with Crippen molar-refractivity contribution in [1.82, 2.24) is 24.8 Å². The Bertz CT molecular complexity index is 1140. The number of nitrogens with two attached hydrogens (primary N) is 1. The van der Waals surface area contributed by atoms with Crippen LogP contribution in [-0.2, 0) is 19.4 Å². The summed E-state index contributed by atoms with van der Waals surface area (Å²) >= 11 is 0. The molecule has 13 heteroatoms. The number of anilines is 2. The molecule has 4 rings (SSSR count). The monoisotopic (exact) mass is 491 g/mol. The molecule has 3 heterocycles. The van der Waals surface area contributed by atoms with Gasteiger partial charge in [0.05, 0.1) is 24.9 Å². The highest BCUT2D eigenvalue weighted by Crippen LogP contribution is 2.31. The number of carbonyl (C=O) groups is 1. The van der Waals surface area contributed by atoms with Gasteiger partial charge in [-0.15, -0.1) is 0 Å². The fourth-order valence-electron chi connectivity index (χ4n) is 3.89. The molecule has 2 fully saturated rings. The first kappa shape index (κ1) is 24.1. The number of nitrogen functional groups attached to an aromatic ring is 1. The SMILES string of the molecule is C[C@H]1COCCN1c1nc(OC2CC(N(C)C(=O)CS(C)(=O)=O)C2)cc(-c2cnc(N)nc2)n1. The third kappa shape index (κ3) is 5.70. The Morgan fingerprint density at radius 2 is 2.00 bits per heavy atom. The second-order valence-corrected chi connectivity index (χ2v) is 10.9. The molecule has 1 atom stereocenters. The fourth-order valence-corrected chi connectivity index (χ4v) is 4.55. The summed E-state index contributed by atoms with van der Waals surface area (Å²) in [5, 5.41) is 0. The summed E-state index contributed by atoms with van der Waals surface area (Å²) in [6.45, 7) is 3.85. The molecule has 1 aliphatic carbocycles. The fraction of sp³-hybridized carbons (Fsp3) is 0.571. The largest absolute Gasteiger partial charge is 0.474 e. The Morgan fingerprint density at radius 3 is 2.65 bits per heavy atom. The van der Waals surface area contributed by atoms with Crippen LogP contribution in [0.25, 0.3) is 11.3 Å². The van der Waals surface area contributed by atoms with Crippen LogP contribution in [0.2, 0.25) is 0 Å². The predicted octanol–water partition coefficient (Wildman–Crippen LogP) is 0.154. The van der Waals surface area contributed by atoms with Gasteiger partial charge in [0.1, 0.15) is 11.9 Å². The summed E-state index contributed by atoms with van der Waals surface area (Å²) in [7, 11) is -1.75. The van der Waals surface area contributed by atoms with Crippen molar-refractivity contribution in [3.8, 4) is 17.1 Å². The van der Waals surface area contributed by atoms with Crippen LogP contribution < -0.4 is 15.4 Å². The highest BCUT2D eigenvalue weighted by molar-refractivity contribution is 7.91. The standard InChI is InChI=1S/C21H29N7O5S/c1-13-11-32-5-4-28(13)21-25-17(14-9-23-20(22)24-10-14)8-18(26-21)33-16-6-15(7-16)27(2)19(29)12-34(3,30)31/h8-10,13,15-16H,4-7,11-12H2,1-3H3,(H2,22,23,24)/t13-,15?,16?/m0/s1. The first-order valence-electron chi connectivity index (χ1n) is 11.0. The smallest absolute Gasteiger partial charge is 0.237 e. The molecule has 34 heavy (non-hydrogen) atoms. The molecule has 1 saturated heterocycles. The van der Waals surface area contributed by atoms with Gasteiger partial charge in [0.15, 0.2) is 9.84 Å². The quantitative estimate of drug-likeness (QED) is 0.563. The van der Waals surface area contributed by atoms with E-state index in [1.807, 2.05) is 6.92 Å². The number of aromatic nitrogens is 4. The molecule has 1 aliphatic heterocycles. The summed E-state index contributed by atoms with van der Waals surface area (Å²) in [4.78, 5) is 33.2. The minimum atomic E-state index is -3.37. The van der Waals surface area contributed by atoms with Gasteiger partial charge in [-0.05, 0) is 6.92 Å². The van der Waals surface area contributed by atoms with E-state index >= 15 is 0 Å². The molecular weight excluding hydrogens is 462 g/mol. The Labute approximate surface area is 198 Å². The number of hydrogen-bond donors (Lipinski definition) is 1. The van der Waals surface area contributed by atoms with Crippen molar-refractivity contribution in [2.24, 2.45) is 0 Å². The van der Waals surface area contributed by atoms with E-state index in [0.29, 0.717) is 55.7 Å². The number of ether oxygens (including phenoxy) is 2. The van der Waals surface area contributed by atoms with Crippen LogP contribution in [0.1, 0.15) is 19.8 Å². The Hall–Kier alpha value is -3.06. The van der Waals surface area contributed by atoms with Gasteiger partial charge in [-0.1, -0.05) is 0 Å². The summed E-state index contributed by atoms with van der Waals surface area (Å²) in [5.41, 5.74) is 6.91. The van der Waals surface area contributed by atoms with Crippen LogP contribution in [0.5, 0.6) is 5.88 Å². The molecule has 0 spiro atoms. The zero-order valence-electron chi connectivity index (χ0n) is 19.4. The van der Waals surface area contributed by atoms with E-state index in [1.54, 1.807) is 25.5 Å². The van der Waals surface area contributed by atoms with Crippen molar-refractivity contribution in [3.05, 3.63) is 18.5 Å². The number of nitrogens with zero attached hydrogens (tertiary/aromatic N) is 6. The molecule has 2 aromatic heterocycles. The average Bonchev–Trinajstić information content (AvgIpc) is 2.75. The summed E-state index contributed by atoms with van der Waals surface area (Å²) in [6, 6.07) is 1.75. The summed E-state index contributed by atoms with van der Waals surface area (Å²) in [5.74, 6) is 0.194. The van der Waals surface area contributed by atoms with Crippen molar-refractivity contribution < 1.29 is 22.7 Å². The lowest BCUT2D eigenvalue weighted by Crippen LogP contribution is -2.51. The lowest BCUT2D eigenvalue weighted by atomic mass is 9.88. The summed E-state index contributed by atoms with van der Waals surface area (Å²) in [6.07, 6.45) is 5.26. The molecule has 0 radical (unpaired) electrons. The normalized spacial score (nSPS) is 22.7.